The predicted octanol–water partition coefficient (Wildman–Crippen LogP) is 2.49. The third-order valence-electron chi connectivity index (χ3n) is 2.54. The number of ketones is 1. The van der Waals surface area contributed by atoms with Crippen molar-refractivity contribution in [2.24, 2.45) is 0 Å². The second-order valence-corrected chi connectivity index (χ2v) is 3.52. The second-order valence-electron chi connectivity index (χ2n) is 3.52. The van der Waals surface area contributed by atoms with Crippen LogP contribution in [0, 0.1) is 0 Å². The zero-order chi connectivity index (χ0) is 10.8. The van der Waals surface area contributed by atoms with Gasteiger partial charge in [-0.2, -0.15) is 5.10 Å². The van der Waals surface area contributed by atoms with Crippen molar-refractivity contribution >= 4 is 11.3 Å². The zero-order valence-corrected chi connectivity index (χ0v) is 9.03. The molecule has 78 valence electrons. The first-order valence-electron chi connectivity index (χ1n) is 5.26. The van der Waals surface area contributed by atoms with E-state index in [1.807, 2.05) is 31.3 Å². The molecule has 0 unspecified atom stereocenters. The fourth-order valence-electron chi connectivity index (χ4n) is 1.67. The quantitative estimate of drug-likeness (QED) is 0.716. The number of aryl methyl sites for hydroxylation is 1. The minimum atomic E-state index is 0.170. The molecule has 15 heavy (non-hydrogen) atoms. The van der Waals surface area contributed by atoms with Crippen LogP contribution >= 0.6 is 0 Å². The molecule has 0 aliphatic heterocycles. The van der Waals surface area contributed by atoms with Gasteiger partial charge in [0, 0.05) is 18.2 Å². The fraction of sp³-hybridized carbons (Fsp3) is 0.333. The number of hydrogen-bond donors (Lipinski definition) is 0. The number of carbonyl (C=O) groups excluding carboxylic acids is 1. The number of rotatable bonds is 3. The van der Waals surface area contributed by atoms with Gasteiger partial charge < -0.3 is 0 Å². The molecule has 0 fully saturated rings. The van der Waals surface area contributed by atoms with Crippen molar-refractivity contribution in [1.82, 2.24) is 9.61 Å². The monoisotopic (exact) mass is 202 g/mol. The first-order valence-corrected chi connectivity index (χ1v) is 5.26. The highest BCUT2D eigenvalue weighted by atomic mass is 16.1. The van der Waals surface area contributed by atoms with Crippen molar-refractivity contribution in [1.29, 1.82) is 0 Å². The molecule has 0 amide bonds. The van der Waals surface area contributed by atoms with Crippen molar-refractivity contribution < 1.29 is 4.79 Å². The lowest BCUT2D eigenvalue weighted by Gasteiger charge is -1.99. The summed E-state index contributed by atoms with van der Waals surface area (Å²) >= 11 is 0. The molecule has 2 heterocycles. The molecule has 2 rings (SSSR count). The molecule has 0 radical (unpaired) electrons. The van der Waals surface area contributed by atoms with Crippen LogP contribution < -0.4 is 0 Å². The Balaban J connectivity index is 2.64. The summed E-state index contributed by atoms with van der Waals surface area (Å²) in [6.45, 7) is 3.94. The maximum atomic E-state index is 11.7. The molecule has 0 atom stereocenters. The van der Waals surface area contributed by atoms with E-state index in [1.54, 1.807) is 4.52 Å². The maximum Gasteiger partial charge on any atom is 0.164 e. The van der Waals surface area contributed by atoms with Crippen molar-refractivity contribution in [3.63, 3.8) is 0 Å². The van der Waals surface area contributed by atoms with Crippen molar-refractivity contribution in [3.8, 4) is 0 Å². The van der Waals surface area contributed by atoms with Crippen LogP contribution in [0.15, 0.2) is 24.4 Å². The number of carbonyl (C=O) groups is 1. The van der Waals surface area contributed by atoms with Crippen molar-refractivity contribution in [2.75, 3.05) is 0 Å². The summed E-state index contributed by atoms with van der Waals surface area (Å²) in [6.07, 6.45) is 3.30. The molecule has 0 bridgehead atoms. The number of pyridine rings is 1. The lowest BCUT2D eigenvalue weighted by atomic mass is 10.1. The largest absolute Gasteiger partial charge is 0.294 e. The lowest BCUT2D eigenvalue weighted by Crippen LogP contribution is -1.99. The summed E-state index contributed by atoms with van der Waals surface area (Å²) in [5.74, 6) is 0.170. The zero-order valence-electron chi connectivity index (χ0n) is 9.03. The van der Waals surface area contributed by atoms with Crippen LogP contribution in [-0.2, 0) is 6.42 Å². The van der Waals surface area contributed by atoms with Gasteiger partial charge in [0.05, 0.1) is 11.2 Å². The van der Waals surface area contributed by atoms with E-state index >= 15 is 0 Å². The summed E-state index contributed by atoms with van der Waals surface area (Å²) in [5.41, 5.74) is 2.71. The van der Waals surface area contributed by atoms with Gasteiger partial charge in [-0.05, 0) is 24.6 Å². The van der Waals surface area contributed by atoms with Gasteiger partial charge in [0.2, 0.25) is 0 Å². The number of hydrogen-bond acceptors (Lipinski definition) is 2. The Morgan fingerprint density at radius 2 is 2.27 bits per heavy atom. The van der Waals surface area contributed by atoms with E-state index in [4.69, 9.17) is 0 Å². The highest BCUT2D eigenvalue weighted by Gasteiger charge is 2.09. The summed E-state index contributed by atoms with van der Waals surface area (Å²) in [7, 11) is 0. The minimum absolute atomic E-state index is 0.170. The maximum absolute atomic E-state index is 11.7. The first-order chi connectivity index (χ1) is 7.26. The number of fused-ring (bicyclic) bond motifs is 1. The summed E-state index contributed by atoms with van der Waals surface area (Å²) in [4.78, 5) is 11.7. The Hall–Kier alpha value is -1.64. The Bertz CT molecular complexity index is 499. The molecule has 3 nitrogen and oxygen atoms in total. The fourth-order valence-corrected chi connectivity index (χ4v) is 1.67. The van der Waals surface area contributed by atoms with E-state index in [0.29, 0.717) is 6.42 Å². The molecule has 0 N–H and O–H groups in total. The predicted molar refractivity (Wildman–Crippen MR) is 59.2 cm³/mol. The molecular formula is C12H14N2O. The van der Waals surface area contributed by atoms with Gasteiger partial charge in [-0.3, -0.25) is 4.79 Å². The molecule has 0 saturated heterocycles. The van der Waals surface area contributed by atoms with Crippen LogP contribution in [0.25, 0.3) is 5.52 Å². The Morgan fingerprint density at radius 1 is 1.47 bits per heavy atom. The summed E-state index contributed by atoms with van der Waals surface area (Å²) < 4.78 is 1.78. The smallest absolute Gasteiger partial charge is 0.164 e. The SMILES string of the molecule is CCC(=O)c1cccn2nc(CC)cc12. The Morgan fingerprint density at radius 3 is 2.93 bits per heavy atom. The molecule has 3 heteroatoms. The van der Waals surface area contributed by atoms with Crippen LogP contribution in [0.3, 0.4) is 0 Å². The van der Waals surface area contributed by atoms with Crippen LogP contribution in [0.1, 0.15) is 36.3 Å². The molecule has 0 aliphatic rings. The highest BCUT2D eigenvalue weighted by Crippen LogP contribution is 2.14. The summed E-state index contributed by atoms with van der Waals surface area (Å²) in [6, 6.07) is 5.72. The van der Waals surface area contributed by atoms with Gasteiger partial charge in [-0.1, -0.05) is 13.8 Å². The number of nitrogens with zero attached hydrogens (tertiary/aromatic N) is 2. The van der Waals surface area contributed by atoms with Gasteiger partial charge in [0.1, 0.15) is 0 Å². The van der Waals surface area contributed by atoms with E-state index < -0.39 is 0 Å². The van der Waals surface area contributed by atoms with Gasteiger partial charge >= 0.3 is 0 Å². The molecule has 2 aromatic rings. The Labute approximate surface area is 88.7 Å². The molecule has 0 spiro atoms. The van der Waals surface area contributed by atoms with E-state index in [0.717, 1.165) is 23.2 Å². The van der Waals surface area contributed by atoms with Crippen LogP contribution in [0.4, 0.5) is 0 Å². The topological polar surface area (TPSA) is 34.4 Å². The van der Waals surface area contributed by atoms with Crippen LogP contribution in [0.5, 0.6) is 0 Å². The van der Waals surface area contributed by atoms with Gasteiger partial charge in [0.25, 0.3) is 0 Å². The van der Waals surface area contributed by atoms with Crippen molar-refractivity contribution in [3.05, 3.63) is 35.7 Å². The first kappa shape index (κ1) is 9.90. The average Bonchev–Trinajstić information content (AvgIpc) is 2.70. The standard InChI is InChI=1S/C12H14N2O/c1-3-9-8-11-10(12(15)4-2)6-5-7-14(11)13-9/h5-8H,3-4H2,1-2H3. The van der Waals surface area contributed by atoms with Crippen LogP contribution in [0.2, 0.25) is 0 Å². The molecular weight excluding hydrogens is 188 g/mol. The number of Topliss-reactive ketones (excluding diaryl/α,β-unsaturated/α-hetero) is 1. The average molecular weight is 202 g/mol. The third-order valence-corrected chi connectivity index (χ3v) is 2.54. The normalized spacial score (nSPS) is 10.8. The molecule has 0 aromatic carbocycles. The minimum Gasteiger partial charge on any atom is -0.294 e. The molecule has 2 aromatic heterocycles. The molecule has 0 aliphatic carbocycles. The highest BCUT2D eigenvalue weighted by molar-refractivity contribution is 6.02. The van der Waals surface area contributed by atoms with Crippen molar-refractivity contribution in [2.45, 2.75) is 26.7 Å². The second kappa shape index (κ2) is 3.85. The van der Waals surface area contributed by atoms with E-state index in [9.17, 15) is 4.79 Å². The van der Waals surface area contributed by atoms with E-state index in [-0.39, 0.29) is 5.78 Å². The lowest BCUT2D eigenvalue weighted by molar-refractivity contribution is 0.0989. The van der Waals surface area contributed by atoms with Crippen LogP contribution in [-0.4, -0.2) is 15.4 Å². The number of aromatic nitrogens is 2. The van der Waals surface area contributed by atoms with Gasteiger partial charge in [-0.15, -0.1) is 0 Å². The summed E-state index contributed by atoms with van der Waals surface area (Å²) in [5, 5.41) is 4.37. The molecule has 0 saturated carbocycles. The van der Waals surface area contributed by atoms with E-state index in [1.165, 1.54) is 0 Å². The van der Waals surface area contributed by atoms with Gasteiger partial charge in [-0.25, -0.2) is 4.52 Å². The Kier molecular flexibility index (Phi) is 2.54. The van der Waals surface area contributed by atoms with E-state index in [2.05, 4.69) is 12.0 Å². The third kappa shape index (κ3) is 1.65. The van der Waals surface area contributed by atoms with Gasteiger partial charge in [0.15, 0.2) is 5.78 Å².